The zero-order valence-electron chi connectivity index (χ0n) is 10.8. The van der Waals surface area contributed by atoms with E-state index in [0.717, 1.165) is 22.3 Å². The number of rotatable bonds is 2. The van der Waals surface area contributed by atoms with Gasteiger partial charge in [0, 0.05) is 6.42 Å². The summed E-state index contributed by atoms with van der Waals surface area (Å²) in [5.74, 6) is -0.905. The SMILES string of the molecule is Cc1cc(C)c(C2=C(O)C(C=O)CC2=O)c(C)c1. The number of allylic oxidation sites excluding steroid dienone is 2. The molecule has 0 bridgehead atoms. The van der Waals surface area contributed by atoms with Gasteiger partial charge in [-0.25, -0.2) is 0 Å². The second-order valence-electron chi connectivity index (χ2n) is 4.90. The van der Waals surface area contributed by atoms with E-state index in [1.807, 2.05) is 32.9 Å². The fourth-order valence-electron chi connectivity index (χ4n) is 2.68. The molecule has 18 heavy (non-hydrogen) atoms. The first-order chi connectivity index (χ1) is 8.45. The molecule has 0 aliphatic heterocycles. The van der Waals surface area contributed by atoms with Crippen LogP contribution in [0.1, 0.15) is 28.7 Å². The third-order valence-electron chi connectivity index (χ3n) is 3.38. The van der Waals surface area contributed by atoms with Crippen molar-refractivity contribution >= 4 is 17.6 Å². The van der Waals surface area contributed by atoms with E-state index in [1.54, 1.807) is 0 Å². The number of hydrogen-bond acceptors (Lipinski definition) is 3. The Kier molecular flexibility index (Phi) is 3.07. The Hall–Kier alpha value is -1.90. The van der Waals surface area contributed by atoms with Crippen LogP contribution in [0.2, 0.25) is 0 Å². The lowest BCUT2D eigenvalue weighted by atomic mass is 9.92. The Morgan fingerprint density at radius 2 is 1.78 bits per heavy atom. The van der Waals surface area contributed by atoms with Crippen LogP contribution in [0.4, 0.5) is 0 Å². The molecule has 2 rings (SSSR count). The van der Waals surface area contributed by atoms with Crippen molar-refractivity contribution in [2.24, 2.45) is 5.92 Å². The summed E-state index contributed by atoms with van der Waals surface area (Å²) in [6.07, 6.45) is 0.719. The first kappa shape index (κ1) is 12.6. The van der Waals surface area contributed by atoms with Gasteiger partial charge in [0.05, 0.1) is 11.5 Å². The van der Waals surface area contributed by atoms with Gasteiger partial charge in [-0.3, -0.25) is 4.79 Å². The van der Waals surface area contributed by atoms with Crippen LogP contribution in [0.3, 0.4) is 0 Å². The maximum atomic E-state index is 12.0. The van der Waals surface area contributed by atoms with Crippen LogP contribution in [0.15, 0.2) is 17.9 Å². The predicted molar refractivity (Wildman–Crippen MR) is 69.4 cm³/mol. The minimum Gasteiger partial charge on any atom is -0.511 e. The lowest BCUT2D eigenvalue weighted by Gasteiger charge is -2.12. The van der Waals surface area contributed by atoms with Crippen molar-refractivity contribution in [2.75, 3.05) is 0 Å². The van der Waals surface area contributed by atoms with Crippen LogP contribution < -0.4 is 0 Å². The lowest BCUT2D eigenvalue weighted by molar-refractivity contribution is -0.117. The van der Waals surface area contributed by atoms with E-state index in [0.29, 0.717) is 11.9 Å². The highest BCUT2D eigenvalue weighted by Gasteiger charge is 2.34. The number of Topliss-reactive ketones (excluding diaryl/α,β-unsaturated/α-hetero) is 1. The summed E-state index contributed by atoms with van der Waals surface area (Å²) < 4.78 is 0. The average Bonchev–Trinajstić information content (AvgIpc) is 2.55. The molecule has 0 saturated carbocycles. The zero-order valence-corrected chi connectivity index (χ0v) is 10.8. The maximum Gasteiger partial charge on any atom is 0.168 e. The Morgan fingerprint density at radius 1 is 1.22 bits per heavy atom. The van der Waals surface area contributed by atoms with Crippen molar-refractivity contribution in [3.05, 3.63) is 40.1 Å². The average molecular weight is 244 g/mol. The van der Waals surface area contributed by atoms with E-state index in [2.05, 4.69) is 0 Å². The van der Waals surface area contributed by atoms with Gasteiger partial charge in [0.25, 0.3) is 0 Å². The number of aryl methyl sites for hydroxylation is 3. The first-order valence-corrected chi connectivity index (χ1v) is 5.95. The quantitative estimate of drug-likeness (QED) is 0.814. The van der Waals surface area contributed by atoms with Gasteiger partial charge in [-0.05, 0) is 37.5 Å². The van der Waals surface area contributed by atoms with Crippen molar-refractivity contribution in [3.8, 4) is 0 Å². The molecule has 0 aromatic heterocycles. The summed E-state index contributed by atoms with van der Waals surface area (Å²) in [7, 11) is 0. The van der Waals surface area contributed by atoms with E-state index in [-0.39, 0.29) is 18.0 Å². The van der Waals surface area contributed by atoms with Crippen molar-refractivity contribution in [1.82, 2.24) is 0 Å². The summed E-state index contributed by atoms with van der Waals surface area (Å²) in [6.45, 7) is 5.82. The number of aldehydes is 1. The van der Waals surface area contributed by atoms with Gasteiger partial charge < -0.3 is 9.90 Å². The number of carbonyl (C=O) groups is 2. The predicted octanol–water partition coefficient (Wildman–Crippen LogP) is 2.67. The Bertz CT molecular complexity index is 544. The van der Waals surface area contributed by atoms with Crippen LogP contribution in [0.25, 0.3) is 5.57 Å². The van der Waals surface area contributed by atoms with Gasteiger partial charge in [0.15, 0.2) is 5.78 Å². The molecular formula is C15H16O3. The number of aliphatic hydroxyl groups excluding tert-OH is 1. The molecule has 3 heteroatoms. The summed E-state index contributed by atoms with van der Waals surface area (Å²) >= 11 is 0. The molecular weight excluding hydrogens is 228 g/mol. The fraction of sp³-hybridized carbons (Fsp3) is 0.333. The molecule has 1 aliphatic carbocycles. The van der Waals surface area contributed by atoms with Crippen LogP contribution in [0.5, 0.6) is 0 Å². The van der Waals surface area contributed by atoms with Gasteiger partial charge >= 0.3 is 0 Å². The molecule has 0 spiro atoms. The minimum absolute atomic E-state index is 0.0787. The van der Waals surface area contributed by atoms with Gasteiger partial charge in [-0.1, -0.05) is 17.7 Å². The summed E-state index contributed by atoms with van der Waals surface area (Å²) in [5.41, 5.74) is 4.11. The second kappa shape index (κ2) is 4.41. The number of benzene rings is 1. The topological polar surface area (TPSA) is 54.4 Å². The molecule has 94 valence electrons. The summed E-state index contributed by atoms with van der Waals surface area (Å²) in [5, 5.41) is 10.0. The van der Waals surface area contributed by atoms with E-state index in [9.17, 15) is 14.7 Å². The molecule has 0 heterocycles. The maximum absolute atomic E-state index is 12.0. The van der Waals surface area contributed by atoms with E-state index in [1.165, 1.54) is 0 Å². The molecule has 1 unspecified atom stereocenters. The van der Waals surface area contributed by atoms with Crippen molar-refractivity contribution in [3.63, 3.8) is 0 Å². The van der Waals surface area contributed by atoms with Gasteiger partial charge in [0.1, 0.15) is 12.0 Å². The molecule has 0 saturated heterocycles. The lowest BCUT2D eigenvalue weighted by Crippen LogP contribution is -2.02. The smallest absolute Gasteiger partial charge is 0.168 e. The molecule has 1 aliphatic rings. The monoisotopic (exact) mass is 244 g/mol. The van der Waals surface area contributed by atoms with E-state index < -0.39 is 5.92 Å². The third-order valence-corrected chi connectivity index (χ3v) is 3.38. The van der Waals surface area contributed by atoms with Crippen LogP contribution in [-0.4, -0.2) is 17.2 Å². The first-order valence-electron chi connectivity index (χ1n) is 5.95. The number of carbonyl (C=O) groups excluding carboxylic acids is 2. The summed E-state index contributed by atoms with van der Waals surface area (Å²) in [4.78, 5) is 22.8. The van der Waals surface area contributed by atoms with Gasteiger partial charge in [-0.2, -0.15) is 0 Å². The highest BCUT2D eigenvalue weighted by atomic mass is 16.3. The van der Waals surface area contributed by atoms with Gasteiger partial charge in [0.2, 0.25) is 0 Å². The number of ketones is 1. The van der Waals surface area contributed by atoms with Crippen LogP contribution in [-0.2, 0) is 9.59 Å². The standard InChI is InChI=1S/C15H16O3/c1-8-4-9(2)13(10(3)5-8)14-12(17)6-11(7-16)15(14)18/h4-5,7,11,18H,6H2,1-3H3. The summed E-state index contributed by atoms with van der Waals surface area (Å²) in [6, 6.07) is 3.95. The third kappa shape index (κ3) is 1.86. The highest BCUT2D eigenvalue weighted by molar-refractivity contribution is 6.25. The van der Waals surface area contributed by atoms with Crippen molar-refractivity contribution in [1.29, 1.82) is 0 Å². The Morgan fingerprint density at radius 3 is 2.22 bits per heavy atom. The van der Waals surface area contributed by atoms with Crippen LogP contribution >= 0.6 is 0 Å². The number of hydrogen-bond donors (Lipinski definition) is 1. The molecule has 3 nitrogen and oxygen atoms in total. The Labute approximate surface area is 106 Å². The molecule has 1 atom stereocenters. The fourth-order valence-corrected chi connectivity index (χ4v) is 2.68. The number of aliphatic hydroxyl groups is 1. The largest absolute Gasteiger partial charge is 0.511 e. The zero-order chi connectivity index (χ0) is 13.4. The molecule has 1 aromatic carbocycles. The normalized spacial score (nSPS) is 19.5. The Balaban J connectivity index is 2.66. The second-order valence-corrected chi connectivity index (χ2v) is 4.90. The molecule has 0 amide bonds. The highest BCUT2D eigenvalue weighted by Crippen LogP contribution is 2.36. The van der Waals surface area contributed by atoms with Crippen molar-refractivity contribution in [2.45, 2.75) is 27.2 Å². The molecule has 0 radical (unpaired) electrons. The van der Waals surface area contributed by atoms with E-state index >= 15 is 0 Å². The minimum atomic E-state index is -0.674. The van der Waals surface area contributed by atoms with Crippen LogP contribution in [0, 0.1) is 26.7 Å². The molecule has 1 aromatic rings. The molecule has 0 fully saturated rings. The molecule has 1 N–H and O–H groups in total. The van der Waals surface area contributed by atoms with E-state index in [4.69, 9.17) is 0 Å². The van der Waals surface area contributed by atoms with Crippen molar-refractivity contribution < 1.29 is 14.7 Å². The van der Waals surface area contributed by atoms with Gasteiger partial charge in [-0.15, -0.1) is 0 Å².